The molecule has 4 nitrogen and oxygen atoms in total. The van der Waals surface area contributed by atoms with Crippen molar-refractivity contribution in [1.29, 1.82) is 0 Å². The van der Waals surface area contributed by atoms with E-state index in [1.807, 2.05) is 30.3 Å². The van der Waals surface area contributed by atoms with Gasteiger partial charge in [0.1, 0.15) is 6.61 Å². The summed E-state index contributed by atoms with van der Waals surface area (Å²) in [5, 5.41) is 0. The summed E-state index contributed by atoms with van der Waals surface area (Å²) in [6.07, 6.45) is 10.2. The molecule has 0 N–H and O–H groups in total. The van der Waals surface area contributed by atoms with Crippen molar-refractivity contribution in [2.75, 3.05) is 7.11 Å². The van der Waals surface area contributed by atoms with Gasteiger partial charge in [-0.3, -0.25) is 9.59 Å². The first-order chi connectivity index (χ1) is 14.1. The molecule has 29 heavy (non-hydrogen) atoms. The molecule has 0 saturated carbocycles. The number of benzene rings is 1. The van der Waals surface area contributed by atoms with E-state index in [2.05, 4.69) is 6.92 Å². The van der Waals surface area contributed by atoms with E-state index in [1.165, 1.54) is 45.6 Å². The average molecular weight is 399 g/mol. The second kappa shape index (κ2) is 12.3. The minimum atomic E-state index is -0.244. The van der Waals surface area contributed by atoms with E-state index in [4.69, 9.17) is 9.47 Å². The normalized spacial score (nSPS) is 14.6. The summed E-state index contributed by atoms with van der Waals surface area (Å²) in [6.45, 7) is 4.17. The third-order valence-corrected chi connectivity index (χ3v) is 5.40. The van der Waals surface area contributed by atoms with Crippen LogP contribution in [0.25, 0.3) is 0 Å². The van der Waals surface area contributed by atoms with Gasteiger partial charge in [-0.1, -0.05) is 82.2 Å². The van der Waals surface area contributed by atoms with E-state index in [1.54, 1.807) is 6.92 Å². The maximum absolute atomic E-state index is 12.9. The van der Waals surface area contributed by atoms with Crippen molar-refractivity contribution >= 4 is 11.6 Å². The summed E-state index contributed by atoms with van der Waals surface area (Å²) < 4.78 is 11.0. The third kappa shape index (κ3) is 6.59. The fourth-order valence-corrected chi connectivity index (χ4v) is 3.60. The maximum Gasteiger partial charge on any atom is 0.228 e. The fourth-order valence-electron chi connectivity index (χ4n) is 3.60. The van der Waals surface area contributed by atoms with E-state index in [-0.39, 0.29) is 29.7 Å². The molecule has 0 heterocycles. The Hall–Kier alpha value is -2.36. The first-order valence-electron chi connectivity index (χ1n) is 10.8. The van der Waals surface area contributed by atoms with E-state index in [9.17, 15) is 9.59 Å². The Balaban J connectivity index is 1.92. The Morgan fingerprint density at radius 1 is 0.793 bits per heavy atom. The number of methoxy groups -OCH3 is 1. The zero-order valence-corrected chi connectivity index (χ0v) is 18.1. The molecule has 2 rings (SSSR count). The van der Waals surface area contributed by atoms with Crippen LogP contribution in [0, 0.1) is 0 Å². The van der Waals surface area contributed by atoms with Crippen LogP contribution in [0.3, 0.4) is 0 Å². The molecule has 1 aliphatic carbocycles. The van der Waals surface area contributed by atoms with Crippen LogP contribution < -0.4 is 0 Å². The van der Waals surface area contributed by atoms with Gasteiger partial charge in [0.05, 0.1) is 7.11 Å². The van der Waals surface area contributed by atoms with Crippen molar-refractivity contribution < 1.29 is 19.1 Å². The molecular weight excluding hydrogens is 364 g/mol. The van der Waals surface area contributed by atoms with Crippen LogP contribution >= 0.6 is 0 Å². The predicted molar refractivity (Wildman–Crippen MR) is 115 cm³/mol. The molecule has 0 bridgehead atoms. The summed E-state index contributed by atoms with van der Waals surface area (Å²) in [6, 6.07) is 9.57. The number of rotatable bonds is 13. The summed E-state index contributed by atoms with van der Waals surface area (Å²) >= 11 is 0. The van der Waals surface area contributed by atoms with Crippen LogP contribution in [0.2, 0.25) is 0 Å². The van der Waals surface area contributed by atoms with Crippen LogP contribution in [0.15, 0.2) is 53.0 Å². The maximum atomic E-state index is 12.9. The van der Waals surface area contributed by atoms with E-state index in [0.717, 1.165) is 18.4 Å². The third-order valence-electron chi connectivity index (χ3n) is 5.40. The van der Waals surface area contributed by atoms with Gasteiger partial charge < -0.3 is 9.47 Å². The highest BCUT2D eigenvalue weighted by atomic mass is 16.5. The molecule has 0 unspecified atom stereocenters. The van der Waals surface area contributed by atoms with E-state index >= 15 is 0 Å². The summed E-state index contributed by atoms with van der Waals surface area (Å²) in [5.74, 6) is -0.396. The highest BCUT2D eigenvalue weighted by Gasteiger charge is 2.34. The lowest BCUT2D eigenvalue weighted by Crippen LogP contribution is -2.25. The SMILES string of the molecule is CCCCCCCCCCC1=C(C)C(=O)C(OCc2ccccc2)=C(OC)C1=O. The van der Waals surface area contributed by atoms with Crippen LogP contribution in [0.4, 0.5) is 0 Å². The molecule has 0 amide bonds. The molecule has 0 spiro atoms. The van der Waals surface area contributed by atoms with Gasteiger partial charge in [-0.05, 0) is 25.3 Å². The second-order valence-corrected chi connectivity index (χ2v) is 7.62. The lowest BCUT2D eigenvalue weighted by molar-refractivity contribution is -0.121. The van der Waals surface area contributed by atoms with Crippen LogP contribution in [0.5, 0.6) is 0 Å². The van der Waals surface area contributed by atoms with Gasteiger partial charge in [-0.2, -0.15) is 0 Å². The van der Waals surface area contributed by atoms with Gasteiger partial charge in [0, 0.05) is 11.1 Å². The van der Waals surface area contributed by atoms with E-state index < -0.39 is 0 Å². The molecule has 1 aromatic carbocycles. The standard InChI is InChI=1S/C25H34O4/c1-4-5-6-7-8-9-10-14-17-21-19(2)22(26)25(24(28-3)23(21)27)29-18-20-15-12-11-13-16-20/h11-13,15-16H,4-10,14,17-18H2,1-3H3. The number of carbonyl (C=O) groups is 2. The highest BCUT2D eigenvalue weighted by molar-refractivity contribution is 6.23. The van der Waals surface area contributed by atoms with Crippen LogP contribution in [0.1, 0.15) is 77.2 Å². The molecule has 0 fully saturated rings. The molecule has 1 aromatic rings. The van der Waals surface area contributed by atoms with Crippen LogP contribution in [-0.4, -0.2) is 18.7 Å². The molecule has 0 saturated heterocycles. The second-order valence-electron chi connectivity index (χ2n) is 7.62. The Morgan fingerprint density at radius 3 is 2.03 bits per heavy atom. The van der Waals surface area contributed by atoms with Crippen molar-refractivity contribution in [3.05, 3.63) is 58.6 Å². The van der Waals surface area contributed by atoms with Crippen molar-refractivity contribution in [1.82, 2.24) is 0 Å². The first kappa shape index (κ1) is 22.9. The lowest BCUT2D eigenvalue weighted by atomic mass is 9.89. The van der Waals surface area contributed by atoms with Crippen molar-refractivity contribution in [2.24, 2.45) is 0 Å². The van der Waals surface area contributed by atoms with Crippen LogP contribution in [-0.2, 0) is 25.7 Å². The minimum absolute atomic E-state index is 0.0264. The molecule has 1 aliphatic rings. The predicted octanol–water partition coefficient (Wildman–Crippen LogP) is 6.06. The molecule has 0 aromatic heterocycles. The number of allylic oxidation sites excluding steroid dienone is 2. The Labute approximate surface area is 175 Å². The molecular formula is C25H34O4. The number of hydrogen-bond acceptors (Lipinski definition) is 4. The lowest BCUT2D eigenvalue weighted by Gasteiger charge is -2.21. The van der Waals surface area contributed by atoms with Gasteiger partial charge in [0.2, 0.25) is 23.1 Å². The first-order valence-corrected chi connectivity index (χ1v) is 10.8. The smallest absolute Gasteiger partial charge is 0.228 e. The van der Waals surface area contributed by atoms with E-state index in [0.29, 0.717) is 17.6 Å². The number of ketones is 2. The highest BCUT2D eigenvalue weighted by Crippen LogP contribution is 2.29. The molecule has 0 aliphatic heterocycles. The molecule has 4 heteroatoms. The van der Waals surface area contributed by atoms with Gasteiger partial charge >= 0.3 is 0 Å². The Morgan fingerprint density at radius 2 is 1.41 bits per heavy atom. The Kier molecular flexibility index (Phi) is 9.69. The number of Topliss-reactive ketones (excluding diaryl/α,β-unsaturated/α-hetero) is 2. The van der Waals surface area contributed by atoms with Gasteiger partial charge in [-0.15, -0.1) is 0 Å². The molecule has 0 radical (unpaired) electrons. The average Bonchev–Trinajstić information content (AvgIpc) is 2.74. The zero-order chi connectivity index (χ0) is 21.1. The Bertz CT molecular complexity index is 743. The van der Waals surface area contributed by atoms with Gasteiger partial charge in [0.15, 0.2) is 0 Å². The van der Waals surface area contributed by atoms with Gasteiger partial charge in [-0.25, -0.2) is 0 Å². The van der Waals surface area contributed by atoms with Crippen molar-refractivity contribution in [2.45, 2.75) is 78.2 Å². The summed E-state index contributed by atoms with van der Waals surface area (Å²) in [7, 11) is 1.42. The van der Waals surface area contributed by atoms with Crippen molar-refractivity contribution in [3.63, 3.8) is 0 Å². The van der Waals surface area contributed by atoms with Gasteiger partial charge in [0.25, 0.3) is 0 Å². The monoisotopic (exact) mass is 398 g/mol. The number of unbranched alkanes of at least 4 members (excludes halogenated alkanes) is 7. The topological polar surface area (TPSA) is 52.6 Å². The molecule has 0 atom stereocenters. The fraction of sp³-hybridized carbons (Fsp3) is 0.520. The minimum Gasteiger partial charge on any atom is -0.489 e. The largest absolute Gasteiger partial charge is 0.489 e. The summed E-state index contributed by atoms with van der Waals surface area (Å²) in [5.41, 5.74) is 1.99. The zero-order valence-electron chi connectivity index (χ0n) is 18.1. The van der Waals surface area contributed by atoms with Crippen molar-refractivity contribution in [3.8, 4) is 0 Å². The molecule has 158 valence electrons. The number of hydrogen-bond donors (Lipinski definition) is 0. The number of carbonyl (C=O) groups excluding carboxylic acids is 2. The number of ether oxygens (including phenoxy) is 2. The summed E-state index contributed by atoms with van der Waals surface area (Å²) in [4.78, 5) is 25.7. The quantitative estimate of drug-likeness (QED) is 0.299.